The lowest BCUT2D eigenvalue weighted by molar-refractivity contribution is 0.668. The molecule has 0 saturated heterocycles. The van der Waals surface area contributed by atoms with E-state index in [1.807, 2.05) is 48.5 Å². The van der Waals surface area contributed by atoms with Gasteiger partial charge in [0.05, 0.1) is 32.8 Å². The Morgan fingerprint density at radius 3 is 1.04 bits per heavy atom. The predicted octanol–water partition coefficient (Wildman–Crippen LogP) is 20.7. The number of benzene rings is 12. The van der Waals surface area contributed by atoms with E-state index in [9.17, 15) is 0 Å². The molecule has 19 aromatic rings. The van der Waals surface area contributed by atoms with Crippen molar-refractivity contribution in [1.82, 2.24) is 9.13 Å². The lowest BCUT2D eigenvalue weighted by Crippen LogP contribution is -1.93. The molecule has 0 spiro atoms. The first kappa shape index (κ1) is 41.5. The van der Waals surface area contributed by atoms with Crippen LogP contribution in [0, 0.1) is 0 Å². The van der Waals surface area contributed by atoms with Crippen LogP contribution in [0.2, 0.25) is 0 Å². The van der Waals surface area contributed by atoms with Crippen molar-refractivity contribution in [3.63, 3.8) is 0 Å². The molecular formula is C72H38N2O5. The molecule has 0 aliphatic rings. The summed E-state index contributed by atoms with van der Waals surface area (Å²) in [5.41, 5.74) is 19.0. The third-order valence-corrected chi connectivity index (χ3v) is 16.9. The minimum Gasteiger partial charge on any atom is -0.456 e. The minimum absolute atomic E-state index is 0.827. The second-order valence-corrected chi connectivity index (χ2v) is 21.0. The highest BCUT2D eigenvalue weighted by molar-refractivity contribution is 6.30. The van der Waals surface area contributed by atoms with Crippen molar-refractivity contribution in [2.24, 2.45) is 0 Å². The van der Waals surface area contributed by atoms with Gasteiger partial charge in [0.15, 0.2) is 0 Å². The van der Waals surface area contributed by atoms with Gasteiger partial charge in [-0.25, -0.2) is 0 Å². The van der Waals surface area contributed by atoms with Gasteiger partial charge in [-0.1, -0.05) is 121 Å². The molecule has 0 aliphatic heterocycles. The Kier molecular flexibility index (Phi) is 7.88. The topological polar surface area (TPSA) is 75.6 Å². The van der Waals surface area contributed by atoms with E-state index in [2.05, 4.69) is 191 Å². The molecule has 0 saturated carbocycles. The fraction of sp³-hybridized carbons (Fsp3) is 0. The maximum Gasteiger partial charge on any atom is 0.145 e. The summed E-state index contributed by atoms with van der Waals surface area (Å²) in [7, 11) is 0. The van der Waals surface area contributed by atoms with E-state index in [-0.39, 0.29) is 0 Å². The van der Waals surface area contributed by atoms with E-state index in [0.29, 0.717) is 0 Å². The molecule has 7 heteroatoms. The zero-order chi connectivity index (χ0) is 51.2. The van der Waals surface area contributed by atoms with E-state index < -0.39 is 0 Å². The van der Waals surface area contributed by atoms with Gasteiger partial charge in [-0.3, -0.25) is 0 Å². The van der Waals surface area contributed by atoms with E-state index in [4.69, 9.17) is 22.1 Å². The second-order valence-electron chi connectivity index (χ2n) is 21.0. The van der Waals surface area contributed by atoms with Crippen LogP contribution in [0.15, 0.2) is 253 Å². The standard InChI is InChI=1S/C72H38N2O5/c1-7-21-63-45(11-1)49-17-9-15-43(69(49)77-63)39-23-29-57-55(35-39)67-59(73(57)41-25-33-65-53(37-41)47-13-3-5-19-61(47)75-65)31-27-51-52-28-32-60-68(72(52)79-71(51)67)56-36-40(44-16-10-18-50-46-12-2-8-22-64(46)78-70(44)50)24-30-58(56)74(60)42-26-34-66-54(38-42)48-14-4-6-20-62(48)76-66/h1-38H. The Morgan fingerprint density at radius 1 is 0.215 bits per heavy atom. The van der Waals surface area contributed by atoms with E-state index >= 15 is 0 Å². The molecule has 0 bridgehead atoms. The van der Waals surface area contributed by atoms with Gasteiger partial charge in [-0.2, -0.15) is 0 Å². The first-order chi connectivity index (χ1) is 39.1. The number of furan rings is 5. The molecule has 0 N–H and O–H groups in total. The molecule has 19 rings (SSSR count). The van der Waals surface area contributed by atoms with Gasteiger partial charge >= 0.3 is 0 Å². The van der Waals surface area contributed by atoms with Crippen LogP contribution >= 0.6 is 0 Å². The number of fused-ring (bicyclic) bond motifs is 23. The van der Waals surface area contributed by atoms with Crippen LogP contribution in [0.3, 0.4) is 0 Å². The molecule has 0 amide bonds. The SMILES string of the molecule is c1ccc2c(c1)oc1ccc(-n3c4ccc(-c5cccc6c5oc5ccccc56)cc4c4c5oc6c(ccc7c6c6cc(-c8cccc9c8oc8ccccc89)ccc6n7-c6ccc7oc8ccccc8c7c6)c5ccc43)cc12. The number of para-hydroxylation sites is 6. The van der Waals surface area contributed by atoms with Crippen molar-refractivity contribution in [3.05, 3.63) is 231 Å². The summed E-state index contributed by atoms with van der Waals surface area (Å²) in [4.78, 5) is 0. The summed E-state index contributed by atoms with van der Waals surface area (Å²) >= 11 is 0. The summed E-state index contributed by atoms with van der Waals surface area (Å²) in [6.45, 7) is 0. The van der Waals surface area contributed by atoms with E-state index in [1.165, 1.54) is 0 Å². The molecule has 79 heavy (non-hydrogen) atoms. The number of aromatic nitrogens is 2. The summed E-state index contributed by atoms with van der Waals surface area (Å²) in [5.74, 6) is 0. The summed E-state index contributed by atoms with van der Waals surface area (Å²) in [6.07, 6.45) is 0. The molecule has 366 valence electrons. The molecule has 0 atom stereocenters. The van der Waals surface area contributed by atoms with E-state index in [1.54, 1.807) is 0 Å². The van der Waals surface area contributed by atoms with Crippen molar-refractivity contribution in [2.45, 2.75) is 0 Å². The molecule has 7 aromatic heterocycles. The second kappa shape index (κ2) is 15.0. The van der Waals surface area contributed by atoms with Gasteiger partial charge in [0.2, 0.25) is 0 Å². The maximum atomic E-state index is 7.64. The molecule has 7 nitrogen and oxygen atoms in total. The van der Waals surface area contributed by atoms with Crippen LogP contribution in [-0.4, -0.2) is 9.13 Å². The first-order valence-corrected chi connectivity index (χ1v) is 26.7. The van der Waals surface area contributed by atoms with Gasteiger partial charge in [0, 0.05) is 87.1 Å². The van der Waals surface area contributed by atoms with Crippen LogP contribution < -0.4 is 0 Å². The van der Waals surface area contributed by atoms with Gasteiger partial charge in [0.25, 0.3) is 0 Å². The Bertz CT molecular complexity index is 5530. The van der Waals surface area contributed by atoms with Crippen molar-refractivity contribution in [1.29, 1.82) is 0 Å². The molecule has 7 heterocycles. The van der Waals surface area contributed by atoms with Crippen LogP contribution in [0.1, 0.15) is 0 Å². The molecule has 0 fully saturated rings. The number of rotatable bonds is 4. The van der Waals surface area contributed by atoms with Crippen molar-refractivity contribution in [3.8, 4) is 33.6 Å². The molecule has 0 radical (unpaired) electrons. The zero-order valence-corrected chi connectivity index (χ0v) is 41.9. The van der Waals surface area contributed by atoms with Gasteiger partial charge in [-0.15, -0.1) is 0 Å². The zero-order valence-electron chi connectivity index (χ0n) is 41.9. The monoisotopic (exact) mass is 1010 g/mol. The van der Waals surface area contributed by atoms with Crippen molar-refractivity contribution in [2.75, 3.05) is 0 Å². The third kappa shape index (κ3) is 5.54. The third-order valence-electron chi connectivity index (χ3n) is 16.9. The number of nitrogens with zero attached hydrogens (tertiary/aromatic N) is 2. The predicted molar refractivity (Wildman–Crippen MR) is 322 cm³/mol. The van der Waals surface area contributed by atoms with Gasteiger partial charge in [0.1, 0.15) is 55.8 Å². The highest BCUT2D eigenvalue weighted by atomic mass is 16.3. The molecule has 0 aliphatic carbocycles. The lowest BCUT2D eigenvalue weighted by atomic mass is 9.99. The minimum atomic E-state index is 0.827. The van der Waals surface area contributed by atoms with Gasteiger partial charge in [-0.05, 0) is 120 Å². The van der Waals surface area contributed by atoms with Crippen LogP contribution in [0.5, 0.6) is 0 Å². The van der Waals surface area contributed by atoms with Crippen molar-refractivity contribution >= 4 is 153 Å². The average Bonchev–Trinajstić information content (AvgIpc) is 4.52. The van der Waals surface area contributed by atoms with Crippen LogP contribution in [0.25, 0.3) is 187 Å². The van der Waals surface area contributed by atoms with Crippen LogP contribution in [-0.2, 0) is 0 Å². The molecule has 0 unspecified atom stereocenters. The highest BCUT2D eigenvalue weighted by Gasteiger charge is 2.25. The van der Waals surface area contributed by atoms with Gasteiger partial charge < -0.3 is 31.2 Å². The summed E-state index contributed by atoms with van der Waals surface area (Å²) < 4.78 is 38.5. The van der Waals surface area contributed by atoms with E-state index in [0.717, 1.165) is 187 Å². The quantitative estimate of drug-likeness (QED) is 0.176. The highest BCUT2D eigenvalue weighted by Crippen LogP contribution is 2.48. The Balaban J connectivity index is 0.916. The maximum absolute atomic E-state index is 7.64. The first-order valence-electron chi connectivity index (χ1n) is 26.7. The van der Waals surface area contributed by atoms with Crippen molar-refractivity contribution < 1.29 is 22.1 Å². The fourth-order valence-corrected chi connectivity index (χ4v) is 13.4. The fourth-order valence-electron chi connectivity index (χ4n) is 13.4. The largest absolute Gasteiger partial charge is 0.456 e. The summed E-state index contributed by atoms with van der Waals surface area (Å²) in [5, 5.41) is 15.0. The number of hydrogen-bond donors (Lipinski definition) is 0. The lowest BCUT2D eigenvalue weighted by Gasteiger charge is -2.09. The Hall–Kier alpha value is -10.8. The normalized spacial score (nSPS) is 12.6. The van der Waals surface area contributed by atoms with Crippen LogP contribution in [0.4, 0.5) is 0 Å². The molecule has 12 aromatic carbocycles. The number of hydrogen-bond acceptors (Lipinski definition) is 5. The average molecular weight is 1010 g/mol. The Morgan fingerprint density at radius 2 is 0.582 bits per heavy atom. The Labute approximate surface area is 446 Å². The summed E-state index contributed by atoms with van der Waals surface area (Å²) in [6, 6.07) is 81.7. The smallest absolute Gasteiger partial charge is 0.145 e. The molecular weight excluding hydrogens is 973 g/mol.